The molecule has 2 aromatic rings. The lowest BCUT2D eigenvalue weighted by atomic mass is 10.3. The minimum Gasteiger partial charge on any atom is -0.384 e. The zero-order valence-corrected chi connectivity index (χ0v) is 11.3. The van der Waals surface area contributed by atoms with Gasteiger partial charge in [0.05, 0.1) is 15.6 Å². The molecule has 0 unspecified atom stereocenters. The minimum absolute atomic E-state index is 0.0736. The number of hydrogen-bond donors (Lipinski definition) is 1. The van der Waals surface area contributed by atoms with Crippen molar-refractivity contribution in [3.05, 3.63) is 57.2 Å². The lowest BCUT2D eigenvalue weighted by Gasteiger charge is -2.04. The smallest absolute Gasteiger partial charge is 0.269 e. The Balaban J connectivity index is 2.06. The number of nitrogens with two attached hydrogens (primary N) is 1. The first-order chi connectivity index (χ1) is 9.06. The lowest BCUT2D eigenvalue weighted by Crippen LogP contribution is -1.95. The van der Waals surface area contributed by atoms with Gasteiger partial charge in [0.1, 0.15) is 5.82 Å². The van der Waals surface area contributed by atoms with E-state index in [0.29, 0.717) is 22.3 Å². The van der Waals surface area contributed by atoms with Crippen LogP contribution in [0.3, 0.4) is 0 Å². The molecule has 0 saturated heterocycles. The molecule has 1 aromatic carbocycles. The Morgan fingerprint density at radius 3 is 2.58 bits per heavy atom. The summed E-state index contributed by atoms with van der Waals surface area (Å²) in [6, 6.07) is 9.68. The molecule has 5 nitrogen and oxygen atoms in total. The SMILES string of the molecule is Nc1ccc(Cl)c(CSc2ccc([N+](=O)[O-])cc2)n1. The number of halogens is 1. The highest BCUT2D eigenvalue weighted by molar-refractivity contribution is 7.98. The molecule has 2 rings (SSSR count). The van der Waals surface area contributed by atoms with Crippen LogP contribution < -0.4 is 5.73 Å². The van der Waals surface area contributed by atoms with Crippen molar-refractivity contribution in [2.24, 2.45) is 0 Å². The largest absolute Gasteiger partial charge is 0.384 e. The van der Waals surface area contributed by atoms with Crippen LogP contribution in [0, 0.1) is 10.1 Å². The van der Waals surface area contributed by atoms with Crippen molar-refractivity contribution < 1.29 is 4.92 Å². The normalized spacial score (nSPS) is 10.4. The van der Waals surface area contributed by atoms with Crippen LogP contribution in [-0.2, 0) is 5.75 Å². The Bertz CT molecular complexity index is 604. The maximum atomic E-state index is 10.5. The summed E-state index contributed by atoms with van der Waals surface area (Å²) in [7, 11) is 0. The van der Waals surface area contributed by atoms with Crippen LogP contribution in [0.5, 0.6) is 0 Å². The molecular weight excluding hydrogens is 286 g/mol. The van der Waals surface area contributed by atoms with Crippen molar-refractivity contribution in [2.75, 3.05) is 5.73 Å². The summed E-state index contributed by atoms with van der Waals surface area (Å²) in [6.45, 7) is 0. The Morgan fingerprint density at radius 2 is 1.95 bits per heavy atom. The van der Waals surface area contributed by atoms with Gasteiger partial charge in [-0.3, -0.25) is 10.1 Å². The van der Waals surface area contributed by atoms with Gasteiger partial charge in [0.2, 0.25) is 0 Å². The van der Waals surface area contributed by atoms with E-state index in [1.54, 1.807) is 24.3 Å². The predicted molar refractivity (Wildman–Crippen MR) is 76.3 cm³/mol. The summed E-state index contributed by atoms with van der Waals surface area (Å²) >= 11 is 7.50. The van der Waals surface area contributed by atoms with Gasteiger partial charge in [-0.15, -0.1) is 11.8 Å². The molecule has 1 heterocycles. The number of nitro groups is 1. The molecular formula is C12H10ClN3O2S. The summed E-state index contributed by atoms with van der Waals surface area (Å²) in [6.07, 6.45) is 0. The monoisotopic (exact) mass is 295 g/mol. The van der Waals surface area contributed by atoms with Crippen LogP contribution in [0.1, 0.15) is 5.69 Å². The number of thioether (sulfide) groups is 1. The van der Waals surface area contributed by atoms with E-state index in [-0.39, 0.29) is 5.69 Å². The molecule has 0 fully saturated rings. The summed E-state index contributed by atoms with van der Waals surface area (Å²) in [5, 5.41) is 11.1. The molecule has 0 atom stereocenters. The van der Waals surface area contributed by atoms with Gasteiger partial charge in [-0.1, -0.05) is 11.6 Å². The van der Waals surface area contributed by atoms with E-state index in [9.17, 15) is 10.1 Å². The second kappa shape index (κ2) is 5.90. The number of hydrogen-bond acceptors (Lipinski definition) is 5. The Labute approximate surface area is 118 Å². The van der Waals surface area contributed by atoms with Crippen molar-refractivity contribution in [3.63, 3.8) is 0 Å². The van der Waals surface area contributed by atoms with Crippen LogP contribution in [0.2, 0.25) is 5.02 Å². The number of nitrogen functional groups attached to an aromatic ring is 1. The van der Waals surface area contributed by atoms with E-state index in [2.05, 4.69) is 4.98 Å². The number of non-ortho nitro benzene ring substituents is 1. The second-order valence-corrected chi connectivity index (χ2v) is 5.16. The van der Waals surface area contributed by atoms with Crippen LogP contribution in [0.25, 0.3) is 0 Å². The summed E-state index contributed by atoms with van der Waals surface area (Å²) in [4.78, 5) is 15.2. The average Bonchev–Trinajstić information content (AvgIpc) is 2.40. The van der Waals surface area contributed by atoms with E-state index >= 15 is 0 Å². The van der Waals surface area contributed by atoms with E-state index in [0.717, 1.165) is 4.90 Å². The summed E-state index contributed by atoms with van der Waals surface area (Å²) < 4.78 is 0. The van der Waals surface area contributed by atoms with E-state index in [1.807, 2.05) is 0 Å². The first kappa shape index (κ1) is 13.6. The predicted octanol–water partition coefficient (Wildman–Crippen LogP) is 3.52. The van der Waals surface area contributed by atoms with Gasteiger partial charge >= 0.3 is 0 Å². The van der Waals surface area contributed by atoms with Crippen LogP contribution >= 0.6 is 23.4 Å². The van der Waals surface area contributed by atoms with Gasteiger partial charge in [-0.25, -0.2) is 4.98 Å². The molecule has 0 aliphatic carbocycles. The van der Waals surface area contributed by atoms with Gasteiger partial charge in [0, 0.05) is 22.8 Å². The van der Waals surface area contributed by atoms with Gasteiger partial charge in [-0.05, 0) is 24.3 Å². The van der Waals surface area contributed by atoms with E-state index < -0.39 is 4.92 Å². The molecule has 0 aliphatic rings. The number of benzene rings is 1. The molecule has 19 heavy (non-hydrogen) atoms. The van der Waals surface area contributed by atoms with Crippen molar-refractivity contribution in [3.8, 4) is 0 Å². The summed E-state index contributed by atoms with van der Waals surface area (Å²) in [5.41, 5.74) is 6.37. The quantitative estimate of drug-likeness (QED) is 0.530. The Morgan fingerprint density at radius 1 is 1.26 bits per heavy atom. The third-order valence-corrected chi connectivity index (χ3v) is 3.73. The molecule has 0 spiro atoms. The first-order valence-corrected chi connectivity index (χ1v) is 6.71. The van der Waals surface area contributed by atoms with E-state index in [1.165, 1.54) is 23.9 Å². The lowest BCUT2D eigenvalue weighted by molar-refractivity contribution is -0.384. The average molecular weight is 296 g/mol. The van der Waals surface area contributed by atoms with Gasteiger partial charge in [-0.2, -0.15) is 0 Å². The highest BCUT2D eigenvalue weighted by atomic mass is 35.5. The molecule has 7 heteroatoms. The summed E-state index contributed by atoms with van der Waals surface area (Å²) in [5.74, 6) is 0.977. The Kier molecular flexibility index (Phi) is 4.24. The topological polar surface area (TPSA) is 82.0 Å². The maximum absolute atomic E-state index is 10.5. The number of rotatable bonds is 4. The van der Waals surface area contributed by atoms with Gasteiger partial charge in [0.25, 0.3) is 5.69 Å². The van der Waals surface area contributed by atoms with Crippen LogP contribution in [0.15, 0.2) is 41.3 Å². The Hall–Kier alpha value is -1.79. The number of pyridine rings is 1. The molecule has 1 aromatic heterocycles. The zero-order valence-electron chi connectivity index (χ0n) is 9.75. The molecule has 0 saturated carbocycles. The molecule has 0 amide bonds. The molecule has 0 bridgehead atoms. The molecule has 0 aliphatic heterocycles. The standard InChI is InChI=1S/C12H10ClN3O2S/c13-10-5-6-12(14)15-11(10)7-19-9-3-1-8(2-4-9)16(17)18/h1-6H,7H2,(H2,14,15). The fourth-order valence-corrected chi connectivity index (χ4v) is 2.52. The van der Waals surface area contributed by atoms with Crippen molar-refractivity contribution in [2.45, 2.75) is 10.6 Å². The van der Waals surface area contributed by atoms with Crippen molar-refractivity contribution >= 4 is 34.9 Å². The number of anilines is 1. The second-order valence-electron chi connectivity index (χ2n) is 3.70. The highest BCUT2D eigenvalue weighted by Crippen LogP contribution is 2.27. The third kappa shape index (κ3) is 3.59. The highest BCUT2D eigenvalue weighted by Gasteiger charge is 2.06. The van der Waals surface area contributed by atoms with Gasteiger partial charge < -0.3 is 5.73 Å². The van der Waals surface area contributed by atoms with Crippen LogP contribution in [0.4, 0.5) is 11.5 Å². The molecule has 2 N–H and O–H groups in total. The number of nitro benzene ring substituents is 1. The van der Waals surface area contributed by atoms with Crippen molar-refractivity contribution in [1.82, 2.24) is 4.98 Å². The molecule has 98 valence electrons. The third-order valence-electron chi connectivity index (χ3n) is 2.36. The molecule has 0 radical (unpaired) electrons. The fourth-order valence-electron chi connectivity index (χ4n) is 1.42. The van der Waals surface area contributed by atoms with Gasteiger partial charge in [0.15, 0.2) is 0 Å². The number of nitrogens with zero attached hydrogens (tertiary/aromatic N) is 2. The maximum Gasteiger partial charge on any atom is 0.269 e. The first-order valence-electron chi connectivity index (χ1n) is 5.34. The minimum atomic E-state index is -0.426. The van der Waals surface area contributed by atoms with Crippen molar-refractivity contribution in [1.29, 1.82) is 0 Å². The van der Waals surface area contributed by atoms with Crippen LogP contribution in [-0.4, -0.2) is 9.91 Å². The fraction of sp³-hybridized carbons (Fsp3) is 0.0833. The number of aromatic nitrogens is 1. The zero-order chi connectivity index (χ0) is 13.8. The van der Waals surface area contributed by atoms with E-state index in [4.69, 9.17) is 17.3 Å².